The Bertz CT molecular complexity index is 1490. The third-order valence-corrected chi connectivity index (χ3v) is 6.20. The van der Waals surface area contributed by atoms with Gasteiger partial charge in [0.15, 0.2) is 5.17 Å². The standard InChI is InChI=1S/C26H20N6O4S/c33-24(34)14-17-6-9-20(10-7-17)28-26-29-25(35)23(37-26)13-19-8-11-21(32-16-27-30-31-32)22(12-19)36-15-18-4-2-1-3-5-18/h1-13,16H,14-15H2,(H,33,34)(H,28,29,35). The number of ether oxygens (including phenoxy) is 1. The first-order valence-electron chi connectivity index (χ1n) is 11.2. The van der Waals surface area contributed by atoms with Crippen molar-refractivity contribution in [1.29, 1.82) is 0 Å². The van der Waals surface area contributed by atoms with Crippen LogP contribution in [0.4, 0.5) is 5.69 Å². The minimum Gasteiger partial charge on any atom is -0.487 e. The average Bonchev–Trinajstić information content (AvgIpc) is 3.54. The number of aromatic nitrogens is 4. The van der Waals surface area contributed by atoms with Gasteiger partial charge in [0, 0.05) is 0 Å². The summed E-state index contributed by atoms with van der Waals surface area (Å²) in [5.41, 5.74) is 3.73. The summed E-state index contributed by atoms with van der Waals surface area (Å²) in [6.07, 6.45) is 3.19. The van der Waals surface area contributed by atoms with E-state index in [4.69, 9.17) is 9.84 Å². The first-order valence-corrected chi connectivity index (χ1v) is 12.0. The fourth-order valence-electron chi connectivity index (χ4n) is 3.54. The van der Waals surface area contributed by atoms with Crippen LogP contribution < -0.4 is 10.1 Å². The number of nitrogens with one attached hydrogen (secondary N) is 1. The third-order valence-electron chi connectivity index (χ3n) is 5.29. The van der Waals surface area contributed by atoms with E-state index in [1.807, 2.05) is 48.5 Å². The van der Waals surface area contributed by atoms with Gasteiger partial charge in [0.1, 0.15) is 24.4 Å². The predicted octanol–water partition coefficient (Wildman–Crippen LogP) is 3.76. The number of carboxylic acid groups (broad SMARTS) is 1. The van der Waals surface area contributed by atoms with Crippen LogP contribution in [0.15, 0.2) is 89.0 Å². The van der Waals surface area contributed by atoms with Gasteiger partial charge in [-0.25, -0.2) is 4.99 Å². The van der Waals surface area contributed by atoms with Crippen LogP contribution in [0.2, 0.25) is 0 Å². The number of thioether (sulfide) groups is 1. The normalized spacial score (nSPS) is 15.2. The Morgan fingerprint density at radius 1 is 1.08 bits per heavy atom. The molecule has 184 valence electrons. The number of amides is 1. The van der Waals surface area contributed by atoms with E-state index in [0.29, 0.717) is 39.4 Å². The van der Waals surface area contributed by atoms with Crippen molar-refractivity contribution in [3.63, 3.8) is 0 Å². The zero-order valence-corrected chi connectivity index (χ0v) is 20.1. The molecule has 1 aliphatic rings. The van der Waals surface area contributed by atoms with Crippen LogP contribution in [0, 0.1) is 0 Å². The maximum Gasteiger partial charge on any atom is 0.307 e. The second-order valence-corrected chi connectivity index (χ2v) is 9.01. The molecular weight excluding hydrogens is 492 g/mol. The average molecular weight is 513 g/mol. The van der Waals surface area contributed by atoms with Gasteiger partial charge >= 0.3 is 5.97 Å². The van der Waals surface area contributed by atoms with Crippen molar-refractivity contribution in [2.45, 2.75) is 13.0 Å². The minimum atomic E-state index is -0.896. The highest BCUT2D eigenvalue weighted by atomic mass is 32.2. The Morgan fingerprint density at radius 3 is 2.62 bits per heavy atom. The second kappa shape index (κ2) is 10.9. The molecule has 37 heavy (non-hydrogen) atoms. The summed E-state index contributed by atoms with van der Waals surface area (Å²) in [6.45, 7) is 0.354. The van der Waals surface area contributed by atoms with Crippen LogP contribution in [0.3, 0.4) is 0 Å². The first-order chi connectivity index (χ1) is 18.0. The number of carbonyl (C=O) groups excluding carboxylic acids is 1. The van der Waals surface area contributed by atoms with Crippen LogP contribution >= 0.6 is 11.8 Å². The lowest BCUT2D eigenvalue weighted by atomic mass is 10.1. The lowest BCUT2D eigenvalue weighted by Crippen LogP contribution is -2.19. The van der Waals surface area contributed by atoms with Gasteiger partial charge in [-0.1, -0.05) is 48.5 Å². The molecule has 10 nitrogen and oxygen atoms in total. The molecule has 0 spiro atoms. The highest BCUT2D eigenvalue weighted by Crippen LogP contribution is 2.31. The van der Waals surface area contributed by atoms with E-state index >= 15 is 0 Å². The molecule has 0 aliphatic carbocycles. The van der Waals surface area contributed by atoms with Crippen molar-refractivity contribution in [2.24, 2.45) is 4.99 Å². The largest absolute Gasteiger partial charge is 0.487 e. The van der Waals surface area contributed by atoms with Gasteiger partial charge in [0.25, 0.3) is 5.91 Å². The number of amidine groups is 1. The number of tetrazole rings is 1. The molecule has 3 aromatic carbocycles. The predicted molar refractivity (Wildman–Crippen MR) is 139 cm³/mol. The lowest BCUT2D eigenvalue weighted by Gasteiger charge is -2.12. The molecule has 0 radical (unpaired) electrons. The van der Waals surface area contributed by atoms with E-state index in [9.17, 15) is 9.59 Å². The van der Waals surface area contributed by atoms with Crippen LogP contribution in [-0.2, 0) is 22.6 Å². The first kappa shape index (κ1) is 23.9. The van der Waals surface area contributed by atoms with Gasteiger partial charge in [-0.05, 0) is 69.2 Å². The van der Waals surface area contributed by atoms with E-state index in [2.05, 4.69) is 25.8 Å². The number of hydrogen-bond donors (Lipinski definition) is 2. The van der Waals surface area contributed by atoms with Gasteiger partial charge in [0.2, 0.25) is 0 Å². The number of aliphatic carboxylic acids is 1. The Morgan fingerprint density at radius 2 is 1.89 bits per heavy atom. The number of rotatable bonds is 8. The summed E-state index contributed by atoms with van der Waals surface area (Å²) in [5.74, 6) is -0.598. The topological polar surface area (TPSA) is 132 Å². The summed E-state index contributed by atoms with van der Waals surface area (Å²) >= 11 is 1.22. The molecule has 2 N–H and O–H groups in total. The smallest absolute Gasteiger partial charge is 0.307 e. The van der Waals surface area contributed by atoms with E-state index in [1.54, 1.807) is 30.3 Å². The summed E-state index contributed by atoms with van der Waals surface area (Å²) in [4.78, 5) is 28.4. The van der Waals surface area contributed by atoms with Crippen molar-refractivity contribution < 1.29 is 19.4 Å². The van der Waals surface area contributed by atoms with Crippen LogP contribution in [-0.4, -0.2) is 42.4 Å². The summed E-state index contributed by atoms with van der Waals surface area (Å²) in [7, 11) is 0. The molecule has 1 aliphatic heterocycles. The number of carbonyl (C=O) groups is 2. The number of aliphatic imine (C=N–C) groups is 1. The fourth-order valence-corrected chi connectivity index (χ4v) is 4.39. The lowest BCUT2D eigenvalue weighted by molar-refractivity contribution is -0.136. The summed E-state index contributed by atoms with van der Waals surface area (Å²) in [5, 5.41) is 23.5. The van der Waals surface area contributed by atoms with Crippen molar-refractivity contribution in [2.75, 3.05) is 0 Å². The summed E-state index contributed by atoms with van der Waals surface area (Å²) in [6, 6.07) is 22.1. The molecule has 0 atom stereocenters. The molecule has 0 unspecified atom stereocenters. The fraction of sp³-hybridized carbons (Fsp3) is 0.0769. The highest BCUT2D eigenvalue weighted by Gasteiger charge is 2.24. The molecule has 0 saturated carbocycles. The number of benzene rings is 3. The van der Waals surface area contributed by atoms with Crippen molar-refractivity contribution in [3.8, 4) is 11.4 Å². The molecule has 4 aromatic rings. The van der Waals surface area contributed by atoms with E-state index < -0.39 is 5.97 Å². The zero-order chi connectivity index (χ0) is 25.6. The molecule has 1 fully saturated rings. The monoisotopic (exact) mass is 512 g/mol. The van der Waals surface area contributed by atoms with Crippen LogP contribution in [0.1, 0.15) is 16.7 Å². The number of hydrogen-bond acceptors (Lipinski definition) is 8. The number of nitrogens with zero attached hydrogens (tertiary/aromatic N) is 5. The molecule has 1 aromatic heterocycles. The third kappa shape index (κ3) is 6.08. The quantitative estimate of drug-likeness (QED) is 0.341. The summed E-state index contributed by atoms with van der Waals surface area (Å²) < 4.78 is 7.61. The van der Waals surface area contributed by atoms with Crippen LogP contribution in [0.5, 0.6) is 5.75 Å². The van der Waals surface area contributed by atoms with Crippen LogP contribution in [0.25, 0.3) is 11.8 Å². The Labute approximate surface area is 215 Å². The maximum atomic E-state index is 12.6. The van der Waals surface area contributed by atoms with E-state index in [0.717, 1.165) is 11.1 Å². The Kier molecular flexibility index (Phi) is 7.04. The molecule has 1 saturated heterocycles. The molecule has 2 heterocycles. The number of carboxylic acids is 1. The van der Waals surface area contributed by atoms with Crippen molar-refractivity contribution >= 4 is 40.6 Å². The zero-order valence-electron chi connectivity index (χ0n) is 19.3. The SMILES string of the molecule is O=C(O)Cc1ccc(N=C2NC(=O)C(=Cc3ccc(-n4cnnn4)c(OCc4ccccc4)c3)S2)cc1. The molecule has 11 heteroatoms. The molecular formula is C26H20N6O4S. The van der Waals surface area contributed by atoms with Gasteiger partial charge in [-0.2, -0.15) is 4.68 Å². The van der Waals surface area contributed by atoms with Gasteiger partial charge in [0.05, 0.1) is 17.0 Å². The molecule has 1 amide bonds. The van der Waals surface area contributed by atoms with Crippen molar-refractivity contribution in [3.05, 3.63) is 101 Å². The van der Waals surface area contributed by atoms with Gasteiger partial charge < -0.3 is 15.2 Å². The molecule has 5 rings (SSSR count). The molecule has 0 bridgehead atoms. The van der Waals surface area contributed by atoms with Crippen molar-refractivity contribution in [1.82, 2.24) is 25.5 Å². The van der Waals surface area contributed by atoms with E-state index in [1.165, 1.54) is 22.8 Å². The minimum absolute atomic E-state index is 0.0571. The Hall–Kier alpha value is -4.77. The van der Waals surface area contributed by atoms with Gasteiger partial charge in [-0.3, -0.25) is 9.59 Å². The maximum absolute atomic E-state index is 12.6. The Balaban J connectivity index is 1.36. The second-order valence-electron chi connectivity index (χ2n) is 7.97. The van der Waals surface area contributed by atoms with E-state index in [-0.39, 0.29) is 12.3 Å². The van der Waals surface area contributed by atoms with Gasteiger partial charge in [-0.15, -0.1) is 5.10 Å². The highest BCUT2D eigenvalue weighted by molar-refractivity contribution is 8.18.